The van der Waals surface area contributed by atoms with Crippen LogP contribution in [-0.4, -0.2) is 24.0 Å². The van der Waals surface area contributed by atoms with Crippen molar-refractivity contribution in [3.8, 4) is 5.75 Å². The van der Waals surface area contributed by atoms with Gasteiger partial charge in [-0.1, -0.05) is 48.0 Å². The lowest BCUT2D eigenvalue weighted by atomic mass is 9.68. The summed E-state index contributed by atoms with van der Waals surface area (Å²) >= 11 is 6.39. The molecular formula is C25H20ClN3O5. The first kappa shape index (κ1) is 21.8. The number of anilines is 1. The van der Waals surface area contributed by atoms with Gasteiger partial charge in [-0.3, -0.25) is 9.59 Å². The molecule has 1 aromatic heterocycles. The summed E-state index contributed by atoms with van der Waals surface area (Å²) in [5.74, 6) is -1.59. The van der Waals surface area contributed by atoms with Crippen molar-refractivity contribution >= 4 is 29.2 Å². The Kier molecular flexibility index (Phi) is 4.98. The van der Waals surface area contributed by atoms with Crippen LogP contribution in [0.5, 0.6) is 5.75 Å². The number of carbonyl (C=O) groups excluding carboxylic acids is 2. The van der Waals surface area contributed by atoms with Crippen molar-refractivity contribution in [3.05, 3.63) is 104 Å². The lowest BCUT2D eigenvalue weighted by Gasteiger charge is -2.35. The van der Waals surface area contributed by atoms with E-state index in [4.69, 9.17) is 26.8 Å². The standard InChI is InChI=1S/C25H20ClN3O5/c1-13-11-18-19(22(30)28-13)25(20(21(27)34-18)23(31)33-2)15-8-4-6-10-17(15)29(24(25)32)12-14-7-3-5-9-16(14)26/h3-11H,12,27H2,1-2H3,(H,28,30)/t25-/m1/s1. The molecule has 0 radical (unpaired) electrons. The van der Waals surface area contributed by atoms with Gasteiger partial charge in [0.15, 0.2) is 0 Å². The molecule has 2 aromatic carbocycles. The topological polar surface area (TPSA) is 115 Å². The predicted octanol–water partition coefficient (Wildman–Crippen LogP) is 2.91. The Morgan fingerprint density at radius 1 is 1.18 bits per heavy atom. The van der Waals surface area contributed by atoms with E-state index < -0.39 is 22.9 Å². The molecule has 8 nitrogen and oxygen atoms in total. The van der Waals surface area contributed by atoms with Gasteiger partial charge in [-0.2, -0.15) is 0 Å². The second-order valence-electron chi connectivity index (χ2n) is 8.10. The first-order valence-corrected chi connectivity index (χ1v) is 10.8. The summed E-state index contributed by atoms with van der Waals surface area (Å²) in [5.41, 5.74) is 5.70. The molecule has 172 valence electrons. The second-order valence-corrected chi connectivity index (χ2v) is 8.51. The van der Waals surface area contributed by atoms with Gasteiger partial charge in [0.1, 0.15) is 16.7 Å². The van der Waals surface area contributed by atoms with E-state index in [-0.39, 0.29) is 29.3 Å². The Labute approximate surface area is 199 Å². The van der Waals surface area contributed by atoms with Crippen molar-refractivity contribution in [2.75, 3.05) is 12.0 Å². The zero-order chi connectivity index (χ0) is 24.2. The Morgan fingerprint density at radius 2 is 1.88 bits per heavy atom. The number of nitrogens with zero attached hydrogens (tertiary/aromatic N) is 1. The summed E-state index contributed by atoms with van der Waals surface area (Å²) in [6.07, 6.45) is 0. The van der Waals surface area contributed by atoms with E-state index in [1.807, 2.05) is 12.1 Å². The Hall–Kier alpha value is -4.04. The number of nitrogens with one attached hydrogen (secondary N) is 1. The Morgan fingerprint density at radius 3 is 2.62 bits per heavy atom. The van der Waals surface area contributed by atoms with Crippen molar-refractivity contribution in [2.45, 2.75) is 18.9 Å². The molecule has 0 fully saturated rings. The summed E-state index contributed by atoms with van der Waals surface area (Å²) in [4.78, 5) is 45.0. The summed E-state index contributed by atoms with van der Waals surface area (Å²) in [6, 6.07) is 15.7. The fraction of sp³-hybridized carbons (Fsp3) is 0.160. The van der Waals surface area contributed by atoms with E-state index >= 15 is 0 Å². The number of esters is 1. The van der Waals surface area contributed by atoms with E-state index in [1.165, 1.54) is 12.0 Å². The van der Waals surface area contributed by atoms with Crippen LogP contribution in [-0.2, 0) is 26.3 Å². The van der Waals surface area contributed by atoms with Crippen LogP contribution in [0.1, 0.15) is 22.4 Å². The number of methoxy groups -OCH3 is 1. The molecule has 5 rings (SSSR count). The number of halogens is 1. The van der Waals surface area contributed by atoms with Gasteiger partial charge >= 0.3 is 5.97 Å². The van der Waals surface area contributed by atoms with Crippen LogP contribution < -0.4 is 20.9 Å². The Balaban J connectivity index is 1.85. The maximum Gasteiger partial charge on any atom is 0.340 e. The van der Waals surface area contributed by atoms with Crippen LogP contribution in [0, 0.1) is 6.92 Å². The third-order valence-corrected chi connectivity index (χ3v) is 6.56. The maximum atomic E-state index is 14.4. The van der Waals surface area contributed by atoms with Crippen molar-refractivity contribution in [3.63, 3.8) is 0 Å². The summed E-state index contributed by atoms with van der Waals surface area (Å²) in [7, 11) is 1.18. The van der Waals surface area contributed by atoms with Gasteiger partial charge in [-0.05, 0) is 24.6 Å². The first-order valence-electron chi connectivity index (χ1n) is 10.5. The number of nitrogens with two attached hydrogens (primary N) is 1. The SMILES string of the molecule is COC(=O)C1=C(N)Oc2cc(C)[nH]c(=O)c2[C@@]12C(=O)N(Cc1ccccc1Cl)c1ccccc12. The molecule has 1 atom stereocenters. The molecule has 1 spiro atoms. The lowest BCUT2D eigenvalue weighted by Crippen LogP contribution is -2.51. The quantitative estimate of drug-likeness (QED) is 0.560. The molecule has 0 aliphatic carbocycles. The highest BCUT2D eigenvalue weighted by Crippen LogP contribution is 2.54. The molecule has 2 aliphatic heterocycles. The third-order valence-electron chi connectivity index (χ3n) is 6.19. The number of hydrogen-bond acceptors (Lipinski definition) is 6. The van der Waals surface area contributed by atoms with Gasteiger partial charge in [0.25, 0.3) is 5.56 Å². The number of benzene rings is 2. The molecule has 3 heterocycles. The second kappa shape index (κ2) is 7.78. The van der Waals surface area contributed by atoms with Gasteiger partial charge in [-0.25, -0.2) is 4.79 Å². The van der Waals surface area contributed by atoms with Crippen molar-refractivity contribution in [2.24, 2.45) is 5.73 Å². The minimum atomic E-state index is -1.86. The molecule has 1 amide bonds. The number of H-pyrrole nitrogens is 1. The van der Waals surface area contributed by atoms with Gasteiger partial charge in [-0.15, -0.1) is 0 Å². The van der Waals surface area contributed by atoms with Gasteiger partial charge in [0.05, 0.1) is 19.2 Å². The number of hydrogen-bond donors (Lipinski definition) is 2. The average Bonchev–Trinajstić information content (AvgIpc) is 3.03. The summed E-state index contributed by atoms with van der Waals surface area (Å²) in [5, 5.41) is 0.484. The highest BCUT2D eigenvalue weighted by Gasteiger charge is 2.62. The molecule has 2 aliphatic rings. The fourth-order valence-corrected chi connectivity index (χ4v) is 5.01. The fourth-order valence-electron chi connectivity index (χ4n) is 4.82. The minimum absolute atomic E-state index is 0.0215. The van der Waals surface area contributed by atoms with Crippen LogP contribution in [0.4, 0.5) is 5.69 Å². The number of para-hydroxylation sites is 1. The molecule has 0 unspecified atom stereocenters. The number of aryl methyl sites for hydroxylation is 1. The van der Waals surface area contributed by atoms with Gasteiger partial charge in [0, 0.05) is 28.0 Å². The van der Waals surface area contributed by atoms with Crippen molar-refractivity contribution < 1.29 is 19.1 Å². The normalized spacial score (nSPS) is 18.6. The molecule has 34 heavy (non-hydrogen) atoms. The zero-order valence-electron chi connectivity index (χ0n) is 18.3. The van der Waals surface area contributed by atoms with E-state index in [2.05, 4.69) is 4.98 Å². The summed E-state index contributed by atoms with van der Waals surface area (Å²) in [6.45, 7) is 1.80. The zero-order valence-corrected chi connectivity index (χ0v) is 19.1. The lowest BCUT2D eigenvalue weighted by molar-refractivity contribution is -0.138. The van der Waals surface area contributed by atoms with E-state index in [1.54, 1.807) is 49.4 Å². The van der Waals surface area contributed by atoms with Crippen LogP contribution in [0.2, 0.25) is 5.02 Å². The number of ether oxygens (including phenoxy) is 2. The molecule has 0 saturated heterocycles. The molecule has 9 heteroatoms. The molecule has 3 aromatic rings. The molecule has 0 saturated carbocycles. The van der Waals surface area contributed by atoms with Gasteiger partial charge in [0.2, 0.25) is 11.8 Å². The average molecular weight is 478 g/mol. The minimum Gasteiger partial charge on any atom is -0.465 e. The monoisotopic (exact) mass is 477 g/mol. The largest absolute Gasteiger partial charge is 0.465 e. The van der Waals surface area contributed by atoms with E-state index in [0.29, 0.717) is 27.5 Å². The number of rotatable bonds is 3. The first-order chi connectivity index (χ1) is 16.3. The number of carbonyl (C=O) groups is 2. The van der Waals surface area contributed by atoms with E-state index in [0.717, 1.165) is 0 Å². The van der Waals surface area contributed by atoms with Crippen LogP contribution >= 0.6 is 11.6 Å². The van der Waals surface area contributed by atoms with Crippen LogP contribution in [0.3, 0.4) is 0 Å². The number of fused-ring (bicyclic) bond motifs is 4. The highest BCUT2D eigenvalue weighted by atomic mass is 35.5. The van der Waals surface area contributed by atoms with Gasteiger partial charge < -0.3 is 25.1 Å². The predicted molar refractivity (Wildman–Crippen MR) is 126 cm³/mol. The number of aromatic amines is 1. The number of aromatic nitrogens is 1. The molecule has 3 N–H and O–H groups in total. The third kappa shape index (κ3) is 2.88. The number of amides is 1. The molecule has 0 bridgehead atoms. The van der Waals surface area contributed by atoms with Crippen LogP contribution in [0.25, 0.3) is 0 Å². The summed E-state index contributed by atoms with van der Waals surface area (Å²) < 4.78 is 10.7. The molecular weight excluding hydrogens is 458 g/mol. The smallest absolute Gasteiger partial charge is 0.340 e. The van der Waals surface area contributed by atoms with E-state index in [9.17, 15) is 14.4 Å². The number of pyridine rings is 1. The maximum absolute atomic E-state index is 14.4. The highest BCUT2D eigenvalue weighted by molar-refractivity contribution is 6.31. The van der Waals surface area contributed by atoms with Crippen molar-refractivity contribution in [1.82, 2.24) is 4.98 Å². The van der Waals surface area contributed by atoms with Crippen LogP contribution in [0.15, 0.2) is 70.8 Å². The Bertz CT molecular complexity index is 1460. The van der Waals surface area contributed by atoms with Crippen molar-refractivity contribution in [1.29, 1.82) is 0 Å².